The smallest absolute Gasteiger partial charge is 0.373 e. The van der Waals surface area contributed by atoms with Gasteiger partial charge in [0.2, 0.25) is 15.8 Å². The molecule has 1 saturated heterocycles. The Hall–Kier alpha value is -1.38. The minimum absolute atomic E-state index is 0.0223. The number of esters is 1. The van der Waals surface area contributed by atoms with Crippen molar-refractivity contribution in [3.05, 3.63) is 17.6 Å². The molecule has 0 unspecified atom stereocenters. The van der Waals surface area contributed by atoms with Crippen LogP contribution in [0.15, 0.2) is 15.4 Å². The van der Waals surface area contributed by atoms with E-state index < -0.39 is 16.0 Å². The van der Waals surface area contributed by atoms with Crippen LogP contribution in [-0.4, -0.2) is 45.4 Å². The van der Waals surface area contributed by atoms with E-state index in [1.54, 1.807) is 0 Å². The fourth-order valence-electron chi connectivity index (χ4n) is 2.45. The number of methoxy groups -OCH3 is 1. The van der Waals surface area contributed by atoms with Crippen LogP contribution >= 0.6 is 0 Å². The first-order valence-electron chi connectivity index (χ1n) is 6.79. The predicted octanol–water partition coefficient (Wildman–Crippen LogP) is 0.734. The summed E-state index contributed by atoms with van der Waals surface area (Å²) in [6, 6.07) is 1.23. The van der Waals surface area contributed by atoms with Gasteiger partial charge in [-0.25, -0.2) is 13.2 Å². The first kappa shape index (κ1) is 16.0. The summed E-state index contributed by atoms with van der Waals surface area (Å²) in [4.78, 5) is 11.4. The van der Waals surface area contributed by atoms with Crippen molar-refractivity contribution in [1.82, 2.24) is 4.31 Å². The van der Waals surface area contributed by atoms with Crippen molar-refractivity contribution >= 4 is 16.0 Å². The zero-order valence-corrected chi connectivity index (χ0v) is 13.0. The summed E-state index contributed by atoms with van der Waals surface area (Å²) in [6.45, 7) is 2.96. The minimum Gasteiger partial charge on any atom is -0.463 e. The van der Waals surface area contributed by atoms with E-state index in [1.807, 2.05) is 0 Å². The van der Waals surface area contributed by atoms with Crippen LogP contribution < -0.4 is 5.73 Å². The Morgan fingerprint density at radius 3 is 2.62 bits per heavy atom. The quantitative estimate of drug-likeness (QED) is 0.822. The highest BCUT2D eigenvalue weighted by Crippen LogP contribution is 2.27. The van der Waals surface area contributed by atoms with Crippen LogP contribution in [0.4, 0.5) is 0 Å². The zero-order chi connectivity index (χ0) is 15.6. The monoisotopic (exact) mass is 316 g/mol. The van der Waals surface area contributed by atoms with Crippen LogP contribution in [0.1, 0.15) is 29.2 Å². The summed E-state index contributed by atoms with van der Waals surface area (Å²) in [5.74, 6) is -0.240. The summed E-state index contributed by atoms with van der Waals surface area (Å²) in [7, 11) is -2.44. The van der Waals surface area contributed by atoms with Crippen LogP contribution in [0.3, 0.4) is 0 Å². The molecule has 0 radical (unpaired) electrons. The molecule has 2 rings (SSSR count). The molecule has 2 heterocycles. The van der Waals surface area contributed by atoms with Crippen LogP contribution in [-0.2, 0) is 14.8 Å². The first-order chi connectivity index (χ1) is 9.90. The minimum atomic E-state index is -3.65. The Labute approximate surface area is 124 Å². The van der Waals surface area contributed by atoms with Crippen molar-refractivity contribution in [3.8, 4) is 0 Å². The molecule has 7 nitrogen and oxygen atoms in total. The predicted molar refractivity (Wildman–Crippen MR) is 75.3 cm³/mol. The average Bonchev–Trinajstić information content (AvgIpc) is 2.89. The van der Waals surface area contributed by atoms with Crippen molar-refractivity contribution in [2.75, 3.05) is 26.7 Å². The lowest BCUT2D eigenvalue weighted by Crippen LogP contribution is -2.40. The standard InChI is InChI=1S/C13H20N2O5S/c1-9-12(7-11(20-9)13(16)19-2)21(17,18)15-5-3-10(8-14)4-6-15/h7,10H,3-6,8,14H2,1-2H3. The number of ether oxygens (including phenoxy) is 1. The SMILES string of the molecule is COC(=O)c1cc(S(=O)(=O)N2CCC(CN)CC2)c(C)o1. The Kier molecular flexibility index (Phi) is 4.70. The maximum absolute atomic E-state index is 12.6. The number of carbonyl (C=O) groups excluding carboxylic acids is 1. The van der Waals surface area contributed by atoms with E-state index in [2.05, 4.69) is 4.74 Å². The molecule has 0 atom stereocenters. The second-order valence-corrected chi connectivity index (χ2v) is 7.01. The van der Waals surface area contributed by atoms with Crippen LogP contribution in [0.25, 0.3) is 0 Å². The highest BCUT2D eigenvalue weighted by molar-refractivity contribution is 7.89. The Morgan fingerprint density at radius 1 is 1.48 bits per heavy atom. The summed E-state index contributed by atoms with van der Waals surface area (Å²) in [6.07, 6.45) is 1.49. The average molecular weight is 316 g/mol. The van der Waals surface area contributed by atoms with Crippen molar-refractivity contribution in [2.24, 2.45) is 11.7 Å². The van der Waals surface area contributed by atoms with E-state index >= 15 is 0 Å². The molecule has 1 aromatic rings. The molecular weight excluding hydrogens is 296 g/mol. The Bertz CT molecular complexity index is 615. The molecule has 1 fully saturated rings. The maximum Gasteiger partial charge on any atom is 0.373 e. The molecule has 0 aromatic carbocycles. The second-order valence-electron chi connectivity index (χ2n) is 5.11. The lowest BCUT2D eigenvalue weighted by atomic mass is 9.99. The molecule has 2 N–H and O–H groups in total. The van der Waals surface area contributed by atoms with E-state index in [4.69, 9.17) is 10.2 Å². The molecule has 1 aliphatic heterocycles. The van der Waals surface area contributed by atoms with Gasteiger partial charge < -0.3 is 14.9 Å². The Morgan fingerprint density at radius 2 is 2.10 bits per heavy atom. The number of hydrogen-bond donors (Lipinski definition) is 1. The molecule has 1 aromatic heterocycles. The van der Waals surface area contributed by atoms with Gasteiger partial charge in [-0.1, -0.05) is 0 Å². The number of carbonyl (C=O) groups is 1. The molecule has 21 heavy (non-hydrogen) atoms. The zero-order valence-electron chi connectivity index (χ0n) is 12.2. The fourth-order valence-corrected chi connectivity index (χ4v) is 4.08. The molecule has 0 bridgehead atoms. The van der Waals surface area contributed by atoms with Crippen LogP contribution in [0.2, 0.25) is 0 Å². The number of rotatable bonds is 4. The van der Waals surface area contributed by atoms with E-state index in [9.17, 15) is 13.2 Å². The lowest BCUT2D eigenvalue weighted by Gasteiger charge is -2.30. The third kappa shape index (κ3) is 3.12. The van der Waals surface area contributed by atoms with Gasteiger partial charge in [-0.15, -0.1) is 0 Å². The highest BCUT2D eigenvalue weighted by atomic mass is 32.2. The second kappa shape index (κ2) is 6.17. The van der Waals surface area contributed by atoms with Crippen molar-refractivity contribution in [1.29, 1.82) is 0 Å². The van der Waals surface area contributed by atoms with Gasteiger partial charge in [0, 0.05) is 19.2 Å². The van der Waals surface area contributed by atoms with Gasteiger partial charge in [-0.2, -0.15) is 4.31 Å². The topological polar surface area (TPSA) is 103 Å². The van der Waals surface area contributed by atoms with Crippen molar-refractivity contribution in [3.63, 3.8) is 0 Å². The number of furan rings is 1. The fraction of sp³-hybridized carbons (Fsp3) is 0.615. The normalized spacial score (nSPS) is 17.9. The van der Waals surface area contributed by atoms with Gasteiger partial charge in [0.25, 0.3) is 0 Å². The highest BCUT2D eigenvalue weighted by Gasteiger charge is 2.32. The summed E-state index contributed by atoms with van der Waals surface area (Å²) in [5, 5.41) is 0. The van der Waals surface area contributed by atoms with E-state index in [0.717, 1.165) is 12.8 Å². The number of nitrogens with two attached hydrogens (primary N) is 1. The molecule has 0 saturated carbocycles. The molecule has 0 spiro atoms. The number of nitrogens with zero attached hydrogens (tertiary/aromatic N) is 1. The van der Waals surface area contributed by atoms with Gasteiger partial charge in [-0.05, 0) is 32.2 Å². The third-order valence-corrected chi connectivity index (χ3v) is 5.79. The molecule has 118 valence electrons. The molecular formula is C13H20N2O5S. The number of hydrogen-bond acceptors (Lipinski definition) is 6. The summed E-state index contributed by atoms with van der Waals surface area (Å²) >= 11 is 0. The molecule has 0 amide bonds. The largest absolute Gasteiger partial charge is 0.463 e. The molecule has 1 aliphatic rings. The number of aryl methyl sites for hydroxylation is 1. The lowest BCUT2D eigenvalue weighted by molar-refractivity contribution is 0.0563. The van der Waals surface area contributed by atoms with Gasteiger partial charge >= 0.3 is 5.97 Å². The first-order valence-corrected chi connectivity index (χ1v) is 8.23. The van der Waals surface area contributed by atoms with E-state index in [0.29, 0.717) is 25.6 Å². The Balaban J connectivity index is 2.24. The van der Waals surface area contributed by atoms with Crippen molar-refractivity contribution < 1.29 is 22.4 Å². The van der Waals surface area contributed by atoms with E-state index in [1.165, 1.54) is 24.4 Å². The summed E-state index contributed by atoms with van der Waals surface area (Å²) in [5.41, 5.74) is 5.61. The number of piperidine rings is 1. The van der Waals surface area contributed by atoms with Crippen LogP contribution in [0.5, 0.6) is 0 Å². The third-order valence-electron chi connectivity index (χ3n) is 3.78. The molecule has 8 heteroatoms. The van der Waals surface area contributed by atoms with Gasteiger partial charge in [0.05, 0.1) is 7.11 Å². The van der Waals surface area contributed by atoms with Crippen molar-refractivity contribution in [2.45, 2.75) is 24.7 Å². The maximum atomic E-state index is 12.6. The van der Waals surface area contributed by atoms with Crippen LogP contribution in [0, 0.1) is 12.8 Å². The van der Waals surface area contributed by atoms with E-state index in [-0.39, 0.29) is 16.4 Å². The summed E-state index contributed by atoms with van der Waals surface area (Å²) < 4.78 is 36.4. The number of sulfonamides is 1. The molecule has 0 aliphatic carbocycles. The van der Waals surface area contributed by atoms with Gasteiger partial charge in [0.15, 0.2) is 0 Å². The van der Waals surface area contributed by atoms with Gasteiger partial charge in [0.1, 0.15) is 10.7 Å². The van der Waals surface area contributed by atoms with Gasteiger partial charge in [-0.3, -0.25) is 0 Å².